The second-order valence-electron chi connectivity index (χ2n) is 7.25. The molecule has 0 radical (unpaired) electrons. The van der Waals surface area contributed by atoms with Crippen LogP contribution in [0.1, 0.15) is 45.0 Å². The van der Waals surface area contributed by atoms with Crippen LogP contribution in [0.4, 0.5) is 26.0 Å². The van der Waals surface area contributed by atoms with Crippen LogP contribution in [0, 0.1) is 5.82 Å². The smallest absolute Gasteiger partial charge is 0.255 e. The van der Waals surface area contributed by atoms with Gasteiger partial charge in [-0.3, -0.25) is 4.79 Å². The van der Waals surface area contributed by atoms with Crippen LogP contribution in [-0.4, -0.2) is 45.8 Å². The Morgan fingerprint density at radius 2 is 1.94 bits per heavy atom. The molecule has 10 heteroatoms. The number of carbonyl (C=O) groups excluding carboxylic acids is 1. The second-order valence-corrected chi connectivity index (χ2v) is 8.14. The van der Waals surface area contributed by atoms with Gasteiger partial charge in [-0.15, -0.1) is 11.3 Å². The summed E-state index contributed by atoms with van der Waals surface area (Å²) in [5.41, 5.74) is 1.57. The molecular weight excluding hydrogens is 436 g/mol. The van der Waals surface area contributed by atoms with Crippen LogP contribution in [0.25, 0.3) is 10.2 Å². The van der Waals surface area contributed by atoms with Crippen LogP contribution in [0.5, 0.6) is 0 Å². The number of hydrogen-bond donors (Lipinski definition) is 4. The predicted molar refractivity (Wildman–Crippen MR) is 126 cm³/mol. The number of carbonyl (C=O) groups is 1. The van der Waals surface area contributed by atoms with E-state index in [1.54, 1.807) is 17.6 Å². The van der Waals surface area contributed by atoms with Crippen molar-refractivity contribution in [3.05, 3.63) is 41.3 Å². The summed E-state index contributed by atoms with van der Waals surface area (Å²) in [5.74, 6) is -0.665. The van der Waals surface area contributed by atoms with Crippen LogP contribution in [0.15, 0.2) is 29.9 Å². The molecule has 2 aromatic heterocycles. The number of benzene rings is 1. The Kier molecular flexibility index (Phi) is 8.85. The summed E-state index contributed by atoms with van der Waals surface area (Å²) in [5, 5.41) is 18.1. The van der Waals surface area contributed by atoms with E-state index in [-0.39, 0.29) is 17.8 Å². The zero-order valence-electron chi connectivity index (χ0n) is 18.8. The third-order valence-electron chi connectivity index (χ3n) is 4.41. The van der Waals surface area contributed by atoms with Crippen molar-refractivity contribution < 1.29 is 18.7 Å². The molecule has 4 N–H and O–H groups in total. The van der Waals surface area contributed by atoms with E-state index in [2.05, 4.69) is 25.9 Å². The van der Waals surface area contributed by atoms with Crippen molar-refractivity contribution in [2.75, 3.05) is 23.7 Å². The van der Waals surface area contributed by atoms with Crippen molar-refractivity contribution in [2.45, 2.75) is 46.4 Å². The maximum absolute atomic E-state index is 14.3. The molecule has 1 aromatic carbocycles. The highest BCUT2D eigenvalue weighted by atomic mass is 32.1. The SMILES string of the molecule is CC.CCNc1cc(Nc2cc3scnc3cc2F)ncc1C(=O)NCC(F)C(C)(C)O. The monoisotopic (exact) mass is 465 g/mol. The minimum Gasteiger partial charge on any atom is -0.387 e. The summed E-state index contributed by atoms with van der Waals surface area (Å²) in [7, 11) is 0. The molecule has 1 atom stereocenters. The number of nitrogens with zero attached hydrogens (tertiary/aromatic N) is 2. The maximum atomic E-state index is 14.3. The van der Waals surface area contributed by atoms with Gasteiger partial charge in [-0.05, 0) is 26.8 Å². The first-order valence-electron chi connectivity index (χ1n) is 10.4. The fourth-order valence-electron chi connectivity index (χ4n) is 2.68. The lowest BCUT2D eigenvalue weighted by Gasteiger charge is -2.22. The molecule has 174 valence electrons. The molecule has 0 saturated heterocycles. The lowest BCUT2D eigenvalue weighted by Crippen LogP contribution is -2.42. The Morgan fingerprint density at radius 3 is 2.59 bits per heavy atom. The third kappa shape index (κ3) is 6.33. The molecule has 2 heterocycles. The van der Waals surface area contributed by atoms with Gasteiger partial charge in [0.05, 0.1) is 44.8 Å². The van der Waals surface area contributed by atoms with E-state index in [4.69, 9.17) is 0 Å². The van der Waals surface area contributed by atoms with E-state index in [1.165, 1.54) is 37.4 Å². The summed E-state index contributed by atoms with van der Waals surface area (Å²) >= 11 is 1.40. The van der Waals surface area contributed by atoms with E-state index in [0.29, 0.717) is 23.6 Å². The number of pyridine rings is 1. The molecule has 0 spiro atoms. The summed E-state index contributed by atoms with van der Waals surface area (Å²) < 4.78 is 29.1. The quantitative estimate of drug-likeness (QED) is 0.379. The molecule has 0 aliphatic carbocycles. The standard InChI is InChI=1S/C20H23F2N5O2S.C2H6/c1-4-23-13-7-18(27-14-6-16-15(5-12(14)21)26-10-30-16)24-8-11(13)19(28)25-9-17(22)20(2,3)29;1-2/h5-8,10,17,29H,4,9H2,1-3H3,(H,25,28)(H2,23,24,27);1-2H3. The van der Waals surface area contributed by atoms with Gasteiger partial charge >= 0.3 is 0 Å². The van der Waals surface area contributed by atoms with Crippen molar-refractivity contribution in [3.8, 4) is 0 Å². The second kappa shape index (κ2) is 11.1. The molecule has 1 amide bonds. The van der Waals surface area contributed by atoms with Crippen molar-refractivity contribution in [3.63, 3.8) is 0 Å². The average Bonchev–Trinajstić information content (AvgIpc) is 3.20. The summed E-state index contributed by atoms with van der Waals surface area (Å²) in [6.07, 6.45) is -0.293. The first kappa shape index (κ1) is 25.4. The third-order valence-corrected chi connectivity index (χ3v) is 5.20. The lowest BCUT2D eigenvalue weighted by atomic mass is 10.0. The number of nitrogens with one attached hydrogen (secondary N) is 3. The fraction of sp³-hybridized carbons (Fsp3) is 0.409. The molecule has 0 saturated carbocycles. The molecule has 3 rings (SSSR count). The maximum Gasteiger partial charge on any atom is 0.255 e. The normalized spacial score (nSPS) is 12.0. The minimum atomic E-state index is -1.62. The van der Waals surface area contributed by atoms with Gasteiger partial charge in [0.15, 0.2) is 0 Å². The van der Waals surface area contributed by atoms with E-state index < -0.39 is 23.5 Å². The minimum absolute atomic E-state index is 0.212. The predicted octanol–water partition coefficient (Wildman–Crippen LogP) is 4.87. The Morgan fingerprint density at radius 1 is 1.22 bits per heavy atom. The van der Waals surface area contributed by atoms with Gasteiger partial charge in [0, 0.05) is 24.9 Å². The number of fused-ring (bicyclic) bond motifs is 1. The number of aliphatic hydroxyl groups is 1. The molecule has 0 fully saturated rings. The van der Waals surface area contributed by atoms with Crippen molar-refractivity contribution >= 4 is 44.7 Å². The molecule has 0 aliphatic rings. The molecule has 32 heavy (non-hydrogen) atoms. The van der Waals surface area contributed by atoms with Crippen LogP contribution < -0.4 is 16.0 Å². The number of hydrogen-bond acceptors (Lipinski definition) is 7. The van der Waals surface area contributed by atoms with Crippen molar-refractivity contribution in [1.82, 2.24) is 15.3 Å². The zero-order valence-corrected chi connectivity index (χ0v) is 19.6. The van der Waals surface area contributed by atoms with E-state index in [9.17, 15) is 18.7 Å². The fourth-order valence-corrected chi connectivity index (χ4v) is 3.38. The molecule has 7 nitrogen and oxygen atoms in total. The largest absolute Gasteiger partial charge is 0.387 e. The molecular formula is C22H29F2N5O2S. The topological polar surface area (TPSA) is 99.2 Å². The van der Waals surface area contributed by atoms with Gasteiger partial charge in [0.2, 0.25) is 0 Å². The Balaban J connectivity index is 0.00000176. The Hall–Kier alpha value is -2.85. The van der Waals surface area contributed by atoms with Crippen LogP contribution in [0.3, 0.4) is 0 Å². The van der Waals surface area contributed by atoms with Crippen molar-refractivity contribution in [1.29, 1.82) is 0 Å². The number of aromatic nitrogens is 2. The molecule has 3 aromatic rings. The molecule has 1 unspecified atom stereocenters. The van der Waals surface area contributed by atoms with E-state index in [1.807, 2.05) is 20.8 Å². The number of halogens is 2. The van der Waals surface area contributed by atoms with Gasteiger partial charge in [-0.1, -0.05) is 13.8 Å². The van der Waals surface area contributed by atoms with Gasteiger partial charge in [0.25, 0.3) is 5.91 Å². The van der Waals surface area contributed by atoms with Crippen LogP contribution in [-0.2, 0) is 0 Å². The van der Waals surface area contributed by atoms with E-state index in [0.717, 1.165) is 4.70 Å². The number of anilines is 3. The zero-order chi connectivity index (χ0) is 23.9. The number of rotatable bonds is 8. The van der Waals surface area contributed by atoms with Gasteiger partial charge < -0.3 is 21.1 Å². The summed E-state index contributed by atoms with van der Waals surface area (Å²) in [6, 6.07) is 4.57. The average molecular weight is 466 g/mol. The molecule has 0 bridgehead atoms. The first-order chi connectivity index (χ1) is 15.2. The lowest BCUT2D eigenvalue weighted by molar-refractivity contribution is -0.00177. The van der Waals surface area contributed by atoms with Gasteiger partial charge in [0.1, 0.15) is 17.8 Å². The molecule has 0 aliphatic heterocycles. The number of alkyl halides is 1. The number of amides is 1. The van der Waals surface area contributed by atoms with Crippen LogP contribution in [0.2, 0.25) is 0 Å². The van der Waals surface area contributed by atoms with Gasteiger partial charge in [-0.2, -0.15) is 0 Å². The summed E-state index contributed by atoms with van der Waals surface area (Å²) in [6.45, 7) is 8.71. The Labute approximate surface area is 190 Å². The van der Waals surface area contributed by atoms with Crippen LogP contribution >= 0.6 is 11.3 Å². The Bertz CT molecular complexity index is 1050. The van der Waals surface area contributed by atoms with E-state index >= 15 is 0 Å². The summed E-state index contributed by atoms with van der Waals surface area (Å²) in [4.78, 5) is 20.8. The highest BCUT2D eigenvalue weighted by molar-refractivity contribution is 7.16. The van der Waals surface area contributed by atoms with Crippen molar-refractivity contribution in [2.24, 2.45) is 0 Å². The highest BCUT2D eigenvalue weighted by Gasteiger charge is 2.27. The first-order valence-corrected chi connectivity index (χ1v) is 11.2. The number of thiazole rings is 1. The highest BCUT2D eigenvalue weighted by Crippen LogP contribution is 2.28. The van der Waals surface area contributed by atoms with Gasteiger partial charge in [-0.25, -0.2) is 18.7 Å².